The summed E-state index contributed by atoms with van der Waals surface area (Å²) >= 11 is 0.105. The van der Waals surface area contributed by atoms with Crippen LogP contribution >= 0.6 is 0 Å². The summed E-state index contributed by atoms with van der Waals surface area (Å²) in [5, 5.41) is 6.79. The first kappa shape index (κ1) is 27.3. The van der Waals surface area contributed by atoms with Gasteiger partial charge < -0.3 is 0 Å². The van der Waals surface area contributed by atoms with Gasteiger partial charge in [-0.25, -0.2) is 0 Å². The molecular formula is C45H28N2OSe. The van der Waals surface area contributed by atoms with E-state index >= 15 is 0 Å². The van der Waals surface area contributed by atoms with E-state index in [-0.39, 0.29) is 19.9 Å². The summed E-state index contributed by atoms with van der Waals surface area (Å²) in [4.78, 5) is 13.8. The molecule has 0 radical (unpaired) electrons. The first-order chi connectivity index (χ1) is 24.2. The molecule has 11 rings (SSSR count). The Morgan fingerprint density at radius 2 is 0.939 bits per heavy atom. The van der Waals surface area contributed by atoms with Crippen LogP contribution in [0.15, 0.2) is 150 Å². The van der Waals surface area contributed by atoms with E-state index in [4.69, 9.17) is 0 Å². The maximum atomic E-state index is 13.8. The predicted molar refractivity (Wildman–Crippen MR) is 205 cm³/mol. The van der Waals surface area contributed by atoms with Crippen molar-refractivity contribution in [3.8, 4) is 11.4 Å². The standard InChI is InChI=1S/C45H28N2OSe/c48-45-35-15-5-10-20-43(35)49-44-25-27-21-29-22-30(46-38-16-6-1-11-31(38)32-12-2-7-17-39(32)46)26-42(36(29)23-28(27)24-37(44)45)47-40-18-8-3-13-33(40)34-14-4-9-19-41(34)47/h1-20,22,24-26H,21,23H2. The molecule has 1 aliphatic rings. The Morgan fingerprint density at radius 1 is 0.429 bits per heavy atom. The summed E-state index contributed by atoms with van der Waals surface area (Å²) in [6.07, 6.45) is 1.61. The molecule has 0 saturated heterocycles. The van der Waals surface area contributed by atoms with Gasteiger partial charge in [0.15, 0.2) is 0 Å². The molecule has 3 aromatic heterocycles. The van der Waals surface area contributed by atoms with Crippen molar-refractivity contribution in [3.05, 3.63) is 178 Å². The fourth-order valence-electron chi connectivity index (χ4n) is 8.43. The van der Waals surface area contributed by atoms with Gasteiger partial charge in [0.2, 0.25) is 0 Å². The van der Waals surface area contributed by atoms with E-state index < -0.39 is 0 Å². The molecule has 0 unspecified atom stereocenters. The van der Waals surface area contributed by atoms with Gasteiger partial charge in [-0.2, -0.15) is 0 Å². The second-order valence-electron chi connectivity index (χ2n) is 13.2. The van der Waals surface area contributed by atoms with E-state index in [1.165, 1.54) is 85.8 Å². The van der Waals surface area contributed by atoms with Gasteiger partial charge in [-0.05, 0) is 0 Å². The number of benzene rings is 7. The molecule has 0 atom stereocenters. The molecule has 3 nitrogen and oxygen atoms in total. The van der Waals surface area contributed by atoms with E-state index in [0.717, 1.165) is 23.6 Å². The normalized spacial score (nSPS) is 12.8. The molecule has 0 saturated carbocycles. The van der Waals surface area contributed by atoms with Gasteiger partial charge in [0.1, 0.15) is 0 Å². The van der Waals surface area contributed by atoms with Gasteiger partial charge in [-0.15, -0.1) is 0 Å². The number of aromatic nitrogens is 2. The maximum absolute atomic E-state index is 13.8. The molecule has 0 amide bonds. The van der Waals surface area contributed by atoms with Crippen molar-refractivity contribution >= 4 is 77.4 Å². The summed E-state index contributed by atoms with van der Waals surface area (Å²) < 4.78 is 7.32. The first-order valence-corrected chi connectivity index (χ1v) is 18.5. The Kier molecular flexibility index (Phi) is 5.66. The Morgan fingerprint density at radius 3 is 1.55 bits per heavy atom. The molecular weight excluding hydrogens is 663 g/mol. The number of hydrogen-bond acceptors (Lipinski definition) is 1. The molecule has 10 aromatic rings. The van der Waals surface area contributed by atoms with Crippen molar-refractivity contribution in [3.63, 3.8) is 0 Å². The van der Waals surface area contributed by atoms with Crippen LogP contribution in [0.1, 0.15) is 22.3 Å². The van der Waals surface area contributed by atoms with Crippen LogP contribution in [0.25, 0.3) is 74.3 Å². The Labute approximate surface area is 287 Å². The van der Waals surface area contributed by atoms with Crippen molar-refractivity contribution in [2.24, 2.45) is 0 Å². The van der Waals surface area contributed by atoms with Gasteiger partial charge in [-0.1, -0.05) is 0 Å². The third-order valence-corrected chi connectivity index (χ3v) is 13.0. The van der Waals surface area contributed by atoms with Gasteiger partial charge in [0.25, 0.3) is 0 Å². The molecule has 0 bridgehead atoms. The summed E-state index contributed by atoms with van der Waals surface area (Å²) in [6, 6.07) is 52.7. The number of para-hydroxylation sites is 4. The number of fused-ring (bicyclic) bond motifs is 10. The van der Waals surface area contributed by atoms with Gasteiger partial charge in [0, 0.05) is 0 Å². The average molecular weight is 692 g/mol. The molecule has 49 heavy (non-hydrogen) atoms. The SMILES string of the molecule is O=c1c2ccccc2[se]c2cc3c(cc12)Cc1c(cc(-n2c4ccccc4c4ccccc42)cc1-n1c2ccccc2c2ccccc21)C3. The number of rotatable bonds is 2. The minimum atomic E-state index is 0.105. The van der Waals surface area contributed by atoms with Gasteiger partial charge in [-0.3, -0.25) is 0 Å². The monoisotopic (exact) mass is 692 g/mol. The van der Waals surface area contributed by atoms with Crippen molar-refractivity contribution in [1.29, 1.82) is 0 Å². The third kappa shape index (κ3) is 3.87. The van der Waals surface area contributed by atoms with E-state index in [9.17, 15) is 4.79 Å². The van der Waals surface area contributed by atoms with Gasteiger partial charge in [0.05, 0.1) is 0 Å². The molecule has 0 fully saturated rings. The van der Waals surface area contributed by atoms with Crippen LogP contribution in [0.2, 0.25) is 0 Å². The summed E-state index contributed by atoms with van der Waals surface area (Å²) in [7, 11) is 0. The van der Waals surface area contributed by atoms with Crippen LogP contribution < -0.4 is 5.43 Å². The van der Waals surface area contributed by atoms with E-state index in [0.29, 0.717) is 0 Å². The summed E-state index contributed by atoms with van der Waals surface area (Å²) in [5.41, 5.74) is 12.6. The molecule has 1 aliphatic carbocycles. The molecule has 7 aromatic carbocycles. The molecule has 0 aliphatic heterocycles. The van der Waals surface area contributed by atoms with Crippen molar-refractivity contribution in [2.45, 2.75) is 12.8 Å². The van der Waals surface area contributed by atoms with Gasteiger partial charge >= 0.3 is 289 Å². The number of hydrogen-bond donors (Lipinski definition) is 0. The van der Waals surface area contributed by atoms with E-state index in [1.54, 1.807) is 0 Å². The molecule has 0 spiro atoms. The van der Waals surface area contributed by atoms with Crippen LogP contribution in [-0.4, -0.2) is 23.6 Å². The van der Waals surface area contributed by atoms with Crippen LogP contribution in [0.4, 0.5) is 0 Å². The minimum absolute atomic E-state index is 0.105. The molecule has 3 heterocycles. The van der Waals surface area contributed by atoms with Crippen LogP contribution in [0.5, 0.6) is 0 Å². The topological polar surface area (TPSA) is 26.9 Å². The predicted octanol–water partition coefficient (Wildman–Crippen LogP) is 10.1. The average Bonchev–Trinajstić information content (AvgIpc) is 3.66. The van der Waals surface area contributed by atoms with Crippen molar-refractivity contribution in [1.82, 2.24) is 9.13 Å². The third-order valence-electron chi connectivity index (χ3n) is 10.6. The number of nitrogens with zero attached hydrogens (tertiary/aromatic N) is 2. The zero-order chi connectivity index (χ0) is 32.2. The summed E-state index contributed by atoms with van der Waals surface area (Å²) in [6.45, 7) is 0. The first-order valence-electron chi connectivity index (χ1n) is 16.8. The molecule has 230 valence electrons. The second-order valence-corrected chi connectivity index (χ2v) is 15.5. The van der Waals surface area contributed by atoms with Crippen molar-refractivity contribution in [2.75, 3.05) is 0 Å². The fraction of sp³-hybridized carbons (Fsp3) is 0.0444. The molecule has 4 heteroatoms. The zero-order valence-corrected chi connectivity index (χ0v) is 28.2. The molecule has 0 N–H and O–H groups in total. The van der Waals surface area contributed by atoms with Crippen LogP contribution in [0.3, 0.4) is 0 Å². The Bertz CT molecular complexity index is 2980. The van der Waals surface area contributed by atoms with E-state index in [1.807, 2.05) is 12.1 Å². The van der Waals surface area contributed by atoms with Crippen molar-refractivity contribution < 1.29 is 0 Å². The fourth-order valence-corrected chi connectivity index (χ4v) is 10.8. The Balaban J connectivity index is 1.23. The second kappa shape index (κ2) is 10.2. The zero-order valence-electron chi connectivity index (χ0n) is 26.5. The van der Waals surface area contributed by atoms with Crippen LogP contribution in [-0.2, 0) is 12.8 Å². The quantitative estimate of drug-likeness (QED) is 0.131. The summed E-state index contributed by atoms with van der Waals surface area (Å²) in [5.74, 6) is 0. The van der Waals surface area contributed by atoms with E-state index in [2.05, 4.69) is 143 Å². The Hall–Kier alpha value is -5.67. The van der Waals surface area contributed by atoms with Crippen LogP contribution in [0, 0.1) is 0 Å².